The van der Waals surface area contributed by atoms with E-state index in [9.17, 15) is 4.21 Å². The summed E-state index contributed by atoms with van der Waals surface area (Å²) < 4.78 is 19.4. The maximum atomic E-state index is 13.3. The predicted octanol–water partition coefficient (Wildman–Crippen LogP) is 8.02. The molecule has 0 aliphatic carbocycles. The van der Waals surface area contributed by atoms with Crippen LogP contribution in [0.5, 0.6) is 5.75 Å². The summed E-state index contributed by atoms with van der Waals surface area (Å²) in [5.74, 6) is 0.746. The van der Waals surface area contributed by atoms with Crippen LogP contribution in [0, 0.1) is 6.92 Å². The topological polar surface area (TPSA) is 26.3 Å². The summed E-state index contributed by atoms with van der Waals surface area (Å²) in [7, 11) is -1.24. The van der Waals surface area contributed by atoms with Crippen molar-refractivity contribution in [3.63, 3.8) is 0 Å². The van der Waals surface area contributed by atoms with Crippen molar-refractivity contribution in [3.8, 4) is 5.75 Å². The highest BCUT2D eigenvalue weighted by Gasteiger charge is 2.28. The van der Waals surface area contributed by atoms with Crippen LogP contribution in [-0.2, 0) is 17.2 Å². The molecular formula is C26H35ClO2S. The Morgan fingerprint density at radius 3 is 2.30 bits per heavy atom. The number of halogens is 1. The molecule has 3 rings (SSSR count). The van der Waals surface area contributed by atoms with E-state index in [1.165, 1.54) is 57.8 Å². The number of hydrogen-bond acceptors (Lipinski definition) is 2. The zero-order valence-corrected chi connectivity index (χ0v) is 20.0. The van der Waals surface area contributed by atoms with E-state index in [2.05, 4.69) is 6.92 Å². The third-order valence-corrected chi connectivity index (χ3v) is 8.08. The lowest BCUT2D eigenvalue weighted by Crippen LogP contribution is -2.13. The van der Waals surface area contributed by atoms with Crippen molar-refractivity contribution >= 4 is 22.4 Å². The SMILES string of the molecule is CCCCCCCCCCCCOc1cc(C)c(Cl)c2c1S(=O)c1ccccc1C2. The van der Waals surface area contributed by atoms with Crippen LogP contribution in [0.15, 0.2) is 40.1 Å². The second-order valence-corrected chi connectivity index (χ2v) is 10.2. The first kappa shape index (κ1) is 23.3. The van der Waals surface area contributed by atoms with Crippen molar-refractivity contribution in [1.82, 2.24) is 0 Å². The minimum Gasteiger partial charge on any atom is -0.492 e. The van der Waals surface area contributed by atoms with Crippen molar-refractivity contribution < 1.29 is 8.95 Å². The number of hydrogen-bond donors (Lipinski definition) is 0. The summed E-state index contributed by atoms with van der Waals surface area (Å²) in [6.45, 7) is 4.93. The van der Waals surface area contributed by atoms with Gasteiger partial charge in [0.1, 0.15) is 5.75 Å². The summed E-state index contributed by atoms with van der Waals surface area (Å²) in [5.41, 5.74) is 3.05. The van der Waals surface area contributed by atoms with Gasteiger partial charge in [-0.3, -0.25) is 0 Å². The number of ether oxygens (including phenoxy) is 1. The molecule has 0 fully saturated rings. The van der Waals surface area contributed by atoms with Gasteiger partial charge in [-0.25, -0.2) is 4.21 Å². The van der Waals surface area contributed by atoms with Gasteiger partial charge >= 0.3 is 0 Å². The Bertz CT molecular complexity index is 862. The van der Waals surface area contributed by atoms with Gasteiger partial charge in [-0.2, -0.15) is 0 Å². The van der Waals surface area contributed by atoms with Gasteiger partial charge in [-0.15, -0.1) is 0 Å². The van der Waals surface area contributed by atoms with E-state index in [0.717, 1.165) is 43.7 Å². The minimum absolute atomic E-state index is 0.670. The van der Waals surface area contributed by atoms with Crippen LogP contribution >= 0.6 is 11.6 Å². The predicted molar refractivity (Wildman–Crippen MR) is 127 cm³/mol. The Kier molecular flexibility index (Phi) is 9.27. The first-order valence-electron chi connectivity index (χ1n) is 11.6. The van der Waals surface area contributed by atoms with Crippen LogP contribution < -0.4 is 4.74 Å². The van der Waals surface area contributed by atoms with Crippen molar-refractivity contribution in [2.24, 2.45) is 0 Å². The minimum atomic E-state index is -1.24. The monoisotopic (exact) mass is 446 g/mol. The molecule has 2 nitrogen and oxygen atoms in total. The number of fused-ring (bicyclic) bond motifs is 2. The molecular weight excluding hydrogens is 412 g/mol. The quantitative estimate of drug-likeness (QED) is 0.263. The molecule has 0 saturated heterocycles. The van der Waals surface area contributed by atoms with Gasteiger partial charge in [-0.1, -0.05) is 94.5 Å². The molecule has 164 valence electrons. The lowest BCUT2D eigenvalue weighted by atomic mass is 10.0. The van der Waals surface area contributed by atoms with Crippen LogP contribution in [-0.4, -0.2) is 10.8 Å². The third-order valence-electron chi connectivity index (χ3n) is 5.94. The van der Waals surface area contributed by atoms with Gasteiger partial charge in [0.15, 0.2) is 0 Å². The molecule has 1 aliphatic heterocycles. The summed E-state index contributed by atoms with van der Waals surface area (Å²) in [6, 6.07) is 9.89. The highest BCUT2D eigenvalue weighted by Crippen LogP contribution is 2.42. The third kappa shape index (κ3) is 5.88. The van der Waals surface area contributed by atoms with E-state index in [1.807, 2.05) is 37.3 Å². The summed E-state index contributed by atoms with van der Waals surface area (Å²) in [5, 5.41) is 0.721. The Hall–Kier alpha value is -1.32. The molecule has 0 saturated carbocycles. The second-order valence-electron chi connectivity index (χ2n) is 8.40. The van der Waals surface area contributed by atoms with Gasteiger partial charge in [0.05, 0.1) is 22.3 Å². The van der Waals surface area contributed by atoms with Crippen LogP contribution in [0.25, 0.3) is 0 Å². The largest absolute Gasteiger partial charge is 0.492 e. The van der Waals surface area contributed by atoms with Crippen molar-refractivity contribution in [3.05, 3.63) is 52.0 Å². The summed E-state index contributed by atoms with van der Waals surface area (Å²) in [4.78, 5) is 1.66. The van der Waals surface area contributed by atoms with E-state index < -0.39 is 10.8 Å². The molecule has 1 atom stereocenters. The average Bonchev–Trinajstić information content (AvgIpc) is 2.75. The fraction of sp³-hybridized carbons (Fsp3) is 0.538. The van der Waals surface area contributed by atoms with E-state index in [4.69, 9.17) is 16.3 Å². The molecule has 0 N–H and O–H groups in total. The van der Waals surface area contributed by atoms with Gasteiger partial charge in [0, 0.05) is 16.3 Å². The zero-order chi connectivity index (χ0) is 21.3. The maximum Gasteiger partial charge on any atom is 0.136 e. The number of rotatable bonds is 12. The number of aryl methyl sites for hydroxylation is 1. The van der Waals surface area contributed by atoms with E-state index in [0.29, 0.717) is 13.0 Å². The van der Waals surface area contributed by atoms with Gasteiger partial charge in [0.2, 0.25) is 0 Å². The lowest BCUT2D eigenvalue weighted by Gasteiger charge is -2.23. The molecule has 2 aromatic carbocycles. The summed E-state index contributed by atoms with van der Waals surface area (Å²) >= 11 is 6.60. The van der Waals surface area contributed by atoms with E-state index in [-0.39, 0.29) is 0 Å². The number of benzene rings is 2. The van der Waals surface area contributed by atoms with Crippen LogP contribution in [0.4, 0.5) is 0 Å². The standard InChI is InChI=1S/C26H35ClO2S/c1-3-4-5-6-7-8-9-10-11-14-17-29-23-18-20(2)25(27)22-19-21-15-12-13-16-24(21)30(28)26(22)23/h12-13,15-16,18H,3-11,14,17,19H2,1-2H3. The normalized spacial score (nSPS) is 15.0. The first-order chi connectivity index (χ1) is 14.6. The first-order valence-corrected chi connectivity index (χ1v) is 13.1. The molecule has 1 aliphatic rings. The Balaban J connectivity index is 1.51. The molecule has 30 heavy (non-hydrogen) atoms. The number of unbranched alkanes of at least 4 members (excludes halogenated alkanes) is 9. The van der Waals surface area contributed by atoms with E-state index >= 15 is 0 Å². The second kappa shape index (κ2) is 11.9. The van der Waals surface area contributed by atoms with Crippen LogP contribution in [0.2, 0.25) is 5.02 Å². The highest BCUT2D eigenvalue weighted by molar-refractivity contribution is 7.85. The van der Waals surface area contributed by atoms with Crippen LogP contribution in [0.1, 0.15) is 87.8 Å². The van der Waals surface area contributed by atoms with Crippen LogP contribution in [0.3, 0.4) is 0 Å². The Morgan fingerprint density at radius 2 is 1.60 bits per heavy atom. The lowest BCUT2D eigenvalue weighted by molar-refractivity contribution is 0.296. The molecule has 0 spiro atoms. The Morgan fingerprint density at radius 1 is 0.967 bits per heavy atom. The molecule has 0 amide bonds. The smallest absolute Gasteiger partial charge is 0.136 e. The molecule has 1 heterocycles. The average molecular weight is 447 g/mol. The molecule has 0 aromatic heterocycles. The molecule has 2 aromatic rings. The Labute approximate surface area is 189 Å². The van der Waals surface area contributed by atoms with Gasteiger partial charge < -0.3 is 4.74 Å². The fourth-order valence-electron chi connectivity index (χ4n) is 4.18. The molecule has 0 bridgehead atoms. The fourth-order valence-corrected chi connectivity index (χ4v) is 5.95. The highest BCUT2D eigenvalue weighted by atomic mass is 35.5. The maximum absolute atomic E-state index is 13.3. The molecule has 1 unspecified atom stereocenters. The van der Waals surface area contributed by atoms with E-state index in [1.54, 1.807) is 0 Å². The molecule has 4 heteroatoms. The van der Waals surface area contributed by atoms with Crippen molar-refractivity contribution in [2.75, 3.05) is 6.61 Å². The van der Waals surface area contributed by atoms with Crippen molar-refractivity contribution in [2.45, 2.75) is 94.3 Å². The van der Waals surface area contributed by atoms with Gasteiger partial charge in [0.25, 0.3) is 0 Å². The van der Waals surface area contributed by atoms with Gasteiger partial charge in [-0.05, 0) is 42.2 Å². The van der Waals surface area contributed by atoms with Crippen molar-refractivity contribution in [1.29, 1.82) is 0 Å². The zero-order valence-electron chi connectivity index (χ0n) is 18.5. The summed E-state index contributed by atoms with van der Waals surface area (Å²) in [6.07, 6.45) is 13.7. The molecule has 0 radical (unpaired) electrons.